The first-order chi connectivity index (χ1) is 15.9. The lowest BCUT2D eigenvalue weighted by molar-refractivity contribution is -0.136. The van der Waals surface area contributed by atoms with Crippen LogP contribution in [0.5, 0.6) is 5.75 Å². The third kappa shape index (κ3) is 7.42. The summed E-state index contributed by atoms with van der Waals surface area (Å²) >= 11 is 1.76. The molecule has 2 atom stereocenters. The van der Waals surface area contributed by atoms with Gasteiger partial charge in [0.15, 0.2) is 0 Å². The molecule has 3 rings (SSSR count). The molecule has 0 spiro atoms. The SMILES string of the molecule is C=CCC[C@@H](O)CN(CC(=O)N1CCc2sccc2[C@@H]1COc1ccc(C)cc1)CC(C)C. The zero-order valence-electron chi connectivity index (χ0n) is 20.2. The summed E-state index contributed by atoms with van der Waals surface area (Å²) in [5, 5.41) is 12.5. The second-order valence-electron chi connectivity index (χ2n) is 9.38. The van der Waals surface area contributed by atoms with Crippen molar-refractivity contribution in [3.8, 4) is 5.75 Å². The Bertz CT molecular complexity index is 893. The molecule has 0 radical (unpaired) electrons. The van der Waals surface area contributed by atoms with Crippen molar-refractivity contribution < 1.29 is 14.6 Å². The van der Waals surface area contributed by atoms with Crippen molar-refractivity contribution in [3.05, 3.63) is 64.4 Å². The summed E-state index contributed by atoms with van der Waals surface area (Å²) < 4.78 is 6.13. The Labute approximate surface area is 202 Å². The molecule has 1 aromatic heterocycles. The molecule has 0 unspecified atom stereocenters. The van der Waals surface area contributed by atoms with Crippen LogP contribution in [0.3, 0.4) is 0 Å². The maximum absolute atomic E-state index is 13.5. The first-order valence-corrected chi connectivity index (χ1v) is 12.8. The van der Waals surface area contributed by atoms with E-state index in [2.05, 4.69) is 43.7 Å². The maximum Gasteiger partial charge on any atom is 0.237 e. The Morgan fingerprint density at radius 3 is 2.76 bits per heavy atom. The number of carbonyl (C=O) groups excluding carboxylic acids is 1. The number of benzene rings is 1. The molecule has 0 aliphatic carbocycles. The summed E-state index contributed by atoms with van der Waals surface area (Å²) in [6.07, 6.45) is 3.69. The Morgan fingerprint density at radius 1 is 1.30 bits per heavy atom. The van der Waals surface area contributed by atoms with Gasteiger partial charge in [-0.1, -0.05) is 37.6 Å². The molecule has 2 heterocycles. The number of rotatable bonds is 12. The highest BCUT2D eigenvalue weighted by atomic mass is 32.1. The number of carbonyl (C=O) groups is 1. The topological polar surface area (TPSA) is 53.0 Å². The predicted molar refractivity (Wildman–Crippen MR) is 136 cm³/mol. The molecule has 0 saturated heterocycles. The lowest BCUT2D eigenvalue weighted by Crippen LogP contribution is -2.48. The Hall–Kier alpha value is -2.15. The van der Waals surface area contributed by atoms with Gasteiger partial charge in [0.1, 0.15) is 12.4 Å². The Balaban J connectivity index is 1.70. The number of aryl methyl sites for hydroxylation is 1. The van der Waals surface area contributed by atoms with Crippen molar-refractivity contribution in [2.24, 2.45) is 5.92 Å². The Kier molecular flexibility index (Phi) is 9.53. The van der Waals surface area contributed by atoms with E-state index in [1.165, 1.54) is 16.0 Å². The smallest absolute Gasteiger partial charge is 0.237 e. The van der Waals surface area contributed by atoms with Crippen LogP contribution >= 0.6 is 11.3 Å². The highest BCUT2D eigenvalue weighted by molar-refractivity contribution is 7.10. The van der Waals surface area contributed by atoms with Crippen molar-refractivity contribution in [3.63, 3.8) is 0 Å². The van der Waals surface area contributed by atoms with Crippen molar-refractivity contribution in [1.82, 2.24) is 9.80 Å². The van der Waals surface area contributed by atoms with E-state index in [0.29, 0.717) is 38.6 Å². The average Bonchev–Trinajstić information content (AvgIpc) is 3.25. The van der Waals surface area contributed by atoms with Crippen molar-refractivity contribution >= 4 is 17.2 Å². The van der Waals surface area contributed by atoms with Crippen LogP contribution in [0.25, 0.3) is 0 Å². The van der Waals surface area contributed by atoms with Gasteiger partial charge < -0.3 is 14.7 Å². The molecule has 5 nitrogen and oxygen atoms in total. The summed E-state index contributed by atoms with van der Waals surface area (Å²) in [5.74, 6) is 1.33. The normalized spacial score (nSPS) is 16.7. The minimum absolute atomic E-state index is 0.0969. The molecule has 1 aliphatic heterocycles. The van der Waals surface area contributed by atoms with Crippen LogP contribution in [0, 0.1) is 12.8 Å². The van der Waals surface area contributed by atoms with Gasteiger partial charge in [0, 0.05) is 24.5 Å². The second kappa shape index (κ2) is 12.4. The molecule has 180 valence electrons. The van der Waals surface area contributed by atoms with E-state index in [-0.39, 0.29) is 11.9 Å². The van der Waals surface area contributed by atoms with Crippen LogP contribution < -0.4 is 4.74 Å². The van der Waals surface area contributed by atoms with E-state index in [1.807, 2.05) is 35.2 Å². The van der Waals surface area contributed by atoms with Gasteiger partial charge in [-0.2, -0.15) is 0 Å². The van der Waals surface area contributed by atoms with Gasteiger partial charge in [-0.05, 0) is 61.2 Å². The van der Waals surface area contributed by atoms with E-state index in [4.69, 9.17) is 4.74 Å². The number of hydrogen-bond acceptors (Lipinski definition) is 5. The summed E-state index contributed by atoms with van der Waals surface area (Å²) in [6, 6.07) is 10.1. The van der Waals surface area contributed by atoms with Gasteiger partial charge in [0.25, 0.3) is 0 Å². The average molecular weight is 471 g/mol. The lowest BCUT2D eigenvalue weighted by Gasteiger charge is -2.37. The second-order valence-corrected chi connectivity index (χ2v) is 10.4. The van der Waals surface area contributed by atoms with Gasteiger partial charge in [-0.25, -0.2) is 0 Å². The number of aliphatic hydroxyl groups is 1. The molecule has 1 N–H and O–H groups in total. The fourth-order valence-corrected chi connectivity index (χ4v) is 5.31. The first-order valence-electron chi connectivity index (χ1n) is 11.9. The number of hydrogen-bond donors (Lipinski definition) is 1. The third-order valence-corrected chi connectivity index (χ3v) is 7.00. The van der Waals surface area contributed by atoms with Crippen LogP contribution in [0.4, 0.5) is 0 Å². The Morgan fingerprint density at radius 2 is 2.06 bits per heavy atom. The van der Waals surface area contributed by atoms with E-state index >= 15 is 0 Å². The zero-order chi connectivity index (χ0) is 23.8. The van der Waals surface area contributed by atoms with Crippen LogP contribution in [-0.2, 0) is 11.2 Å². The molecule has 33 heavy (non-hydrogen) atoms. The van der Waals surface area contributed by atoms with Gasteiger partial charge in [-0.3, -0.25) is 9.69 Å². The molecule has 1 aromatic carbocycles. The van der Waals surface area contributed by atoms with Crippen molar-refractivity contribution in [1.29, 1.82) is 0 Å². The van der Waals surface area contributed by atoms with Crippen molar-refractivity contribution in [2.45, 2.75) is 52.2 Å². The number of nitrogens with zero attached hydrogens (tertiary/aromatic N) is 2. The standard InChI is InChI=1S/C27H38N2O3S/c1-5-6-7-22(30)17-28(16-20(2)3)18-27(31)29-14-12-26-24(13-15-33-26)25(29)19-32-23-10-8-21(4)9-11-23/h5,8-11,13,15,20,22,25,30H,1,6-7,12,14,16-19H2,2-4H3/t22-,25+/m1/s1. The maximum atomic E-state index is 13.5. The quantitative estimate of drug-likeness (QED) is 0.451. The van der Waals surface area contributed by atoms with Gasteiger partial charge >= 0.3 is 0 Å². The van der Waals surface area contributed by atoms with Crippen LogP contribution in [-0.4, -0.2) is 59.7 Å². The molecule has 6 heteroatoms. The molecule has 0 fully saturated rings. The highest BCUT2D eigenvalue weighted by Crippen LogP contribution is 2.34. The molecular weight excluding hydrogens is 432 g/mol. The van der Waals surface area contributed by atoms with E-state index < -0.39 is 6.10 Å². The van der Waals surface area contributed by atoms with Crippen LogP contribution in [0.1, 0.15) is 48.7 Å². The molecule has 1 aliphatic rings. The lowest BCUT2D eigenvalue weighted by atomic mass is 10.00. The van der Waals surface area contributed by atoms with Gasteiger partial charge in [-0.15, -0.1) is 17.9 Å². The predicted octanol–water partition coefficient (Wildman–Crippen LogP) is 4.85. The summed E-state index contributed by atoms with van der Waals surface area (Å²) in [4.78, 5) is 18.9. The first kappa shape index (κ1) is 25.5. The van der Waals surface area contributed by atoms with Crippen molar-refractivity contribution in [2.75, 3.05) is 32.8 Å². The minimum atomic E-state index is -0.458. The van der Waals surface area contributed by atoms with Crippen LogP contribution in [0.2, 0.25) is 0 Å². The molecule has 1 amide bonds. The molecular formula is C27H38N2O3S. The number of amides is 1. The largest absolute Gasteiger partial charge is 0.491 e. The number of aliphatic hydroxyl groups excluding tert-OH is 1. The van der Waals surface area contributed by atoms with E-state index in [0.717, 1.165) is 25.1 Å². The highest BCUT2D eigenvalue weighted by Gasteiger charge is 2.33. The number of allylic oxidation sites excluding steroid dienone is 1. The monoisotopic (exact) mass is 470 g/mol. The molecule has 0 saturated carbocycles. The molecule has 0 bridgehead atoms. The number of fused-ring (bicyclic) bond motifs is 1. The van der Waals surface area contributed by atoms with E-state index in [1.54, 1.807) is 11.3 Å². The molecule has 2 aromatic rings. The minimum Gasteiger partial charge on any atom is -0.491 e. The number of ether oxygens (including phenoxy) is 1. The van der Waals surface area contributed by atoms with E-state index in [9.17, 15) is 9.90 Å². The third-order valence-electron chi connectivity index (χ3n) is 6.00. The zero-order valence-corrected chi connectivity index (χ0v) is 21.0. The number of thiophene rings is 1. The van der Waals surface area contributed by atoms with Gasteiger partial charge in [0.2, 0.25) is 5.91 Å². The summed E-state index contributed by atoms with van der Waals surface area (Å²) in [7, 11) is 0. The van der Waals surface area contributed by atoms with Crippen LogP contribution in [0.15, 0.2) is 48.4 Å². The summed E-state index contributed by atoms with van der Waals surface area (Å²) in [6.45, 7) is 12.8. The summed E-state index contributed by atoms with van der Waals surface area (Å²) in [5.41, 5.74) is 2.39. The van der Waals surface area contributed by atoms with Gasteiger partial charge in [0.05, 0.1) is 18.7 Å². The fraction of sp³-hybridized carbons (Fsp3) is 0.519. The fourth-order valence-electron chi connectivity index (χ4n) is 4.39.